The van der Waals surface area contributed by atoms with E-state index in [1.165, 1.54) is 12.8 Å². The maximum absolute atomic E-state index is 12.7. The SMILES string of the molecule is O=C1CCCCCN1CC(=O)N1CCC[C@](CO)(CC2CC2)C1. The van der Waals surface area contributed by atoms with Crippen LogP contribution in [0.5, 0.6) is 0 Å². The summed E-state index contributed by atoms with van der Waals surface area (Å²) in [6.45, 7) is 2.56. The molecule has 0 unspecified atom stereocenters. The molecule has 23 heavy (non-hydrogen) atoms. The van der Waals surface area contributed by atoms with Gasteiger partial charge in [-0.3, -0.25) is 9.59 Å². The van der Waals surface area contributed by atoms with Gasteiger partial charge in [-0.2, -0.15) is 0 Å². The summed E-state index contributed by atoms with van der Waals surface area (Å²) in [7, 11) is 0. The Hall–Kier alpha value is -1.10. The minimum atomic E-state index is -0.0993. The molecule has 130 valence electrons. The highest BCUT2D eigenvalue weighted by Crippen LogP contribution is 2.44. The molecule has 3 fully saturated rings. The molecule has 0 bridgehead atoms. The fraction of sp³-hybridized carbons (Fsp3) is 0.889. The maximum atomic E-state index is 12.7. The topological polar surface area (TPSA) is 60.9 Å². The molecule has 5 nitrogen and oxygen atoms in total. The molecule has 5 heteroatoms. The van der Waals surface area contributed by atoms with Crippen LogP contribution in [0.3, 0.4) is 0 Å². The number of aliphatic hydroxyl groups is 1. The number of amides is 2. The molecule has 3 aliphatic rings. The van der Waals surface area contributed by atoms with Crippen LogP contribution >= 0.6 is 0 Å². The highest BCUT2D eigenvalue weighted by atomic mass is 16.3. The molecule has 2 aliphatic heterocycles. The molecule has 1 aliphatic carbocycles. The van der Waals surface area contributed by atoms with Gasteiger partial charge in [-0.25, -0.2) is 0 Å². The molecule has 1 N–H and O–H groups in total. The summed E-state index contributed by atoms with van der Waals surface area (Å²) in [6.07, 6.45) is 9.19. The lowest BCUT2D eigenvalue weighted by atomic mass is 9.76. The Morgan fingerprint density at radius 1 is 1.17 bits per heavy atom. The average Bonchev–Trinajstić information content (AvgIpc) is 3.38. The van der Waals surface area contributed by atoms with Crippen molar-refractivity contribution in [2.45, 2.75) is 57.8 Å². The number of carbonyl (C=O) groups excluding carboxylic acids is 2. The first kappa shape index (κ1) is 16.7. The second-order valence-electron chi connectivity index (χ2n) is 7.85. The number of likely N-dealkylation sites (tertiary alicyclic amines) is 2. The van der Waals surface area contributed by atoms with Crippen LogP contribution in [0.2, 0.25) is 0 Å². The first-order valence-corrected chi connectivity index (χ1v) is 9.28. The molecule has 1 atom stereocenters. The van der Waals surface area contributed by atoms with Gasteiger partial charge in [0.05, 0.1) is 13.2 Å². The zero-order chi connectivity index (χ0) is 16.3. The van der Waals surface area contributed by atoms with E-state index in [-0.39, 0.29) is 30.4 Å². The van der Waals surface area contributed by atoms with Crippen molar-refractivity contribution in [2.24, 2.45) is 11.3 Å². The highest BCUT2D eigenvalue weighted by Gasteiger charge is 2.41. The molecule has 0 aromatic heterocycles. The molecule has 2 amide bonds. The smallest absolute Gasteiger partial charge is 0.242 e. The first-order chi connectivity index (χ1) is 11.1. The molecule has 1 saturated carbocycles. The van der Waals surface area contributed by atoms with Gasteiger partial charge in [0.25, 0.3) is 0 Å². The van der Waals surface area contributed by atoms with E-state index >= 15 is 0 Å². The summed E-state index contributed by atoms with van der Waals surface area (Å²) >= 11 is 0. The van der Waals surface area contributed by atoms with Crippen LogP contribution in [0.1, 0.15) is 57.8 Å². The third kappa shape index (κ3) is 4.25. The molecule has 0 aromatic rings. The van der Waals surface area contributed by atoms with Crippen molar-refractivity contribution >= 4 is 11.8 Å². The summed E-state index contributed by atoms with van der Waals surface area (Å²) < 4.78 is 0. The van der Waals surface area contributed by atoms with Crippen LogP contribution in [-0.4, -0.2) is 59.5 Å². The third-order valence-corrected chi connectivity index (χ3v) is 5.77. The molecular weight excluding hydrogens is 292 g/mol. The summed E-state index contributed by atoms with van der Waals surface area (Å²) in [5.41, 5.74) is -0.0993. The van der Waals surface area contributed by atoms with Gasteiger partial charge in [-0.05, 0) is 38.0 Å². The van der Waals surface area contributed by atoms with Crippen molar-refractivity contribution in [1.82, 2.24) is 9.80 Å². The molecule has 0 radical (unpaired) electrons. The highest BCUT2D eigenvalue weighted by molar-refractivity contribution is 5.85. The van der Waals surface area contributed by atoms with Crippen LogP contribution in [0.15, 0.2) is 0 Å². The summed E-state index contributed by atoms with van der Waals surface area (Å²) in [5, 5.41) is 9.92. The fourth-order valence-corrected chi connectivity index (χ4v) is 4.18. The van der Waals surface area contributed by atoms with Gasteiger partial charge in [0, 0.05) is 31.5 Å². The van der Waals surface area contributed by atoms with Crippen LogP contribution < -0.4 is 0 Å². The predicted octanol–water partition coefficient (Wildman–Crippen LogP) is 1.79. The Bertz CT molecular complexity index is 450. The van der Waals surface area contributed by atoms with E-state index < -0.39 is 0 Å². The minimum absolute atomic E-state index is 0.0635. The van der Waals surface area contributed by atoms with Crippen molar-refractivity contribution in [3.63, 3.8) is 0 Å². The summed E-state index contributed by atoms with van der Waals surface area (Å²) in [5.74, 6) is 0.942. The van der Waals surface area contributed by atoms with Crippen LogP contribution in [0.25, 0.3) is 0 Å². The monoisotopic (exact) mass is 322 g/mol. The minimum Gasteiger partial charge on any atom is -0.396 e. The van der Waals surface area contributed by atoms with E-state index in [4.69, 9.17) is 0 Å². The Morgan fingerprint density at radius 2 is 2.00 bits per heavy atom. The average molecular weight is 322 g/mol. The van der Waals surface area contributed by atoms with Crippen molar-refractivity contribution in [1.29, 1.82) is 0 Å². The number of carbonyl (C=O) groups is 2. The molecule has 3 rings (SSSR count). The number of rotatable bonds is 5. The van der Waals surface area contributed by atoms with Crippen LogP contribution in [0.4, 0.5) is 0 Å². The van der Waals surface area contributed by atoms with E-state index in [1.54, 1.807) is 4.90 Å². The van der Waals surface area contributed by atoms with Gasteiger partial charge in [0.2, 0.25) is 11.8 Å². The second kappa shape index (κ2) is 7.20. The lowest BCUT2D eigenvalue weighted by Gasteiger charge is -2.42. The molecular formula is C18H30N2O3. The first-order valence-electron chi connectivity index (χ1n) is 9.28. The van der Waals surface area contributed by atoms with E-state index in [0.29, 0.717) is 19.5 Å². The van der Waals surface area contributed by atoms with E-state index in [2.05, 4.69) is 0 Å². The molecule has 2 saturated heterocycles. The van der Waals surface area contributed by atoms with Crippen molar-refractivity contribution < 1.29 is 14.7 Å². The van der Waals surface area contributed by atoms with E-state index in [9.17, 15) is 14.7 Å². The number of aliphatic hydroxyl groups excluding tert-OH is 1. The van der Waals surface area contributed by atoms with Gasteiger partial charge < -0.3 is 14.9 Å². The quantitative estimate of drug-likeness (QED) is 0.839. The second-order valence-corrected chi connectivity index (χ2v) is 7.85. The number of hydrogen-bond acceptors (Lipinski definition) is 3. The Balaban J connectivity index is 1.58. The Morgan fingerprint density at radius 3 is 2.74 bits per heavy atom. The van der Waals surface area contributed by atoms with Gasteiger partial charge in [0.1, 0.15) is 0 Å². The zero-order valence-corrected chi connectivity index (χ0v) is 14.1. The van der Waals surface area contributed by atoms with E-state index in [0.717, 1.165) is 51.0 Å². The maximum Gasteiger partial charge on any atom is 0.242 e. The zero-order valence-electron chi connectivity index (χ0n) is 14.1. The standard InChI is InChI=1S/C18H30N2O3/c21-14-18(11-15-6-7-15)8-4-10-20(13-18)17(23)12-19-9-3-1-2-5-16(19)22/h15,21H,1-14H2/t18-/m0/s1. The number of piperidine rings is 1. The normalized spacial score (nSPS) is 29.5. The molecule has 0 spiro atoms. The Labute approximate surface area is 139 Å². The van der Waals surface area contributed by atoms with Gasteiger partial charge in [-0.15, -0.1) is 0 Å². The molecule has 2 heterocycles. The molecule has 0 aromatic carbocycles. The largest absolute Gasteiger partial charge is 0.396 e. The lowest BCUT2D eigenvalue weighted by Crippen LogP contribution is -2.51. The van der Waals surface area contributed by atoms with Crippen molar-refractivity contribution in [2.75, 3.05) is 32.8 Å². The fourth-order valence-electron chi connectivity index (χ4n) is 4.18. The lowest BCUT2D eigenvalue weighted by molar-refractivity contribution is -0.143. The summed E-state index contributed by atoms with van der Waals surface area (Å²) in [4.78, 5) is 28.4. The van der Waals surface area contributed by atoms with E-state index in [1.807, 2.05) is 4.90 Å². The number of hydrogen-bond donors (Lipinski definition) is 1. The van der Waals surface area contributed by atoms with Crippen molar-refractivity contribution in [3.8, 4) is 0 Å². The third-order valence-electron chi connectivity index (χ3n) is 5.77. The van der Waals surface area contributed by atoms with Gasteiger partial charge in [0.15, 0.2) is 0 Å². The van der Waals surface area contributed by atoms with Gasteiger partial charge >= 0.3 is 0 Å². The van der Waals surface area contributed by atoms with Crippen LogP contribution in [-0.2, 0) is 9.59 Å². The van der Waals surface area contributed by atoms with Gasteiger partial charge in [-0.1, -0.05) is 19.3 Å². The number of nitrogens with zero attached hydrogens (tertiary/aromatic N) is 2. The van der Waals surface area contributed by atoms with Crippen molar-refractivity contribution in [3.05, 3.63) is 0 Å². The predicted molar refractivity (Wildman–Crippen MR) is 87.7 cm³/mol. The van der Waals surface area contributed by atoms with Crippen LogP contribution in [0, 0.1) is 11.3 Å². The Kier molecular flexibility index (Phi) is 5.24. The summed E-state index contributed by atoms with van der Waals surface area (Å²) in [6, 6.07) is 0.